The Hall–Kier alpha value is -0.630. The number of benzene rings is 1. The van der Waals surface area contributed by atoms with Crippen LogP contribution in [0.2, 0.25) is 0 Å². The normalized spacial score (nSPS) is 9.69. The molecule has 2 amide bonds. The molecule has 1 aromatic carbocycles. The molecule has 2 N–H and O–H groups in total. The first-order valence-electron chi connectivity index (χ1n) is 4.48. The highest BCUT2D eigenvalue weighted by Crippen LogP contribution is 2.18. The zero-order valence-electron chi connectivity index (χ0n) is 8.51. The number of carbonyl (C=O) groups excluding carboxylic acids is 2. The predicted octanol–water partition coefficient (Wildman–Crippen LogP) is 1.53. The highest BCUT2D eigenvalue weighted by Gasteiger charge is 2.11. The van der Waals surface area contributed by atoms with E-state index in [2.05, 4.69) is 49.2 Å². The van der Waals surface area contributed by atoms with Gasteiger partial charge in [0.15, 0.2) is 0 Å². The maximum atomic E-state index is 11.7. The van der Waals surface area contributed by atoms with E-state index in [0.29, 0.717) is 5.56 Å². The van der Waals surface area contributed by atoms with Gasteiger partial charge >= 0.3 is 0 Å². The van der Waals surface area contributed by atoms with Gasteiger partial charge in [-0.1, -0.05) is 15.9 Å². The van der Waals surface area contributed by atoms with Gasteiger partial charge in [0.2, 0.25) is 5.91 Å². The highest BCUT2D eigenvalue weighted by atomic mass is 127. The van der Waals surface area contributed by atoms with E-state index in [0.717, 1.165) is 8.04 Å². The predicted molar refractivity (Wildman–Crippen MR) is 73.3 cm³/mol. The van der Waals surface area contributed by atoms with Crippen LogP contribution in [0, 0.1) is 3.57 Å². The lowest BCUT2D eigenvalue weighted by molar-refractivity contribution is -0.119. The molecule has 0 unspecified atom stereocenters. The highest BCUT2D eigenvalue weighted by molar-refractivity contribution is 14.1. The number of amides is 2. The van der Waals surface area contributed by atoms with Crippen LogP contribution in [0.5, 0.6) is 0 Å². The maximum absolute atomic E-state index is 11.7. The summed E-state index contributed by atoms with van der Waals surface area (Å²) in [7, 11) is 1.53. The van der Waals surface area contributed by atoms with Gasteiger partial charge in [-0.15, -0.1) is 0 Å². The Balaban J connectivity index is 2.73. The lowest BCUT2D eigenvalue weighted by Gasteiger charge is -2.06. The van der Waals surface area contributed by atoms with Crippen molar-refractivity contribution in [2.24, 2.45) is 0 Å². The molecule has 0 spiro atoms. The molecule has 0 aliphatic heterocycles. The van der Waals surface area contributed by atoms with Gasteiger partial charge in [-0.2, -0.15) is 0 Å². The third-order valence-electron chi connectivity index (χ3n) is 1.86. The number of likely N-dealkylation sites (N-methyl/N-ethyl adjacent to an activating group) is 1. The van der Waals surface area contributed by atoms with Crippen LogP contribution in [0.1, 0.15) is 10.4 Å². The van der Waals surface area contributed by atoms with E-state index in [1.807, 2.05) is 12.1 Å². The third kappa shape index (κ3) is 3.75. The molecule has 0 saturated heterocycles. The van der Waals surface area contributed by atoms with E-state index in [1.54, 1.807) is 6.07 Å². The van der Waals surface area contributed by atoms with E-state index in [1.165, 1.54) is 7.05 Å². The second-order valence-electron chi connectivity index (χ2n) is 2.98. The SMILES string of the molecule is CNC(=O)CNC(=O)c1cc(Br)ccc1I. The molecule has 1 aromatic rings. The fraction of sp³-hybridized carbons (Fsp3) is 0.200. The van der Waals surface area contributed by atoms with E-state index in [-0.39, 0.29) is 18.4 Å². The van der Waals surface area contributed by atoms with Gasteiger partial charge in [-0.3, -0.25) is 9.59 Å². The van der Waals surface area contributed by atoms with Crippen molar-refractivity contribution in [3.63, 3.8) is 0 Å². The molecule has 0 aliphatic carbocycles. The van der Waals surface area contributed by atoms with Gasteiger partial charge in [0, 0.05) is 15.1 Å². The van der Waals surface area contributed by atoms with E-state index in [4.69, 9.17) is 0 Å². The van der Waals surface area contributed by atoms with Gasteiger partial charge in [-0.05, 0) is 40.8 Å². The minimum absolute atomic E-state index is 0.0159. The second-order valence-corrected chi connectivity index (χ2v) is 5.06. The summed E-state index contributed by atoms with van der Waals surface area (Å²) in [5.74, 6) is -0.479. The molecular formula is C10H10BrIN2O2. The van der Waals surface area contributed by atoms with Gasteiger partial charge in [0.1, 0.15) is 0 Å². The molecule has 4 nitrogen and oxygen atoms in total. The fourth-order valence-corrected chi connectivity index (χ4v) is 1.96. The molecule has 0 atom stereocenters. The van der Waals surface area contributed by atoms with Crippen LogP contribution in [-0.2, 0) is 4.79 Å². The second kappa shape index (κ2) is 6.19. The Morgan fingerprint density at radius 1 is 1.44 bits per heavy atom. The molecule has 16 heavy (non-hydrogen) atoms. The monoisotopic (exact) mass is 396 g/mol. The Morgan fingerprint density at radius 3 is 2.75 bits per heavy atom. The summed E-state index contributed by atoms with van der Waals surface area (Å²) in [6.45, 7) is -0.0159. The van der Waals surface area contributed by atoms with Crippen molar-refractivity contribution in [2.75, 3.05) is 13.6 Å². The molecule has 1 rings (SSSR count). The van der Waals surface area contributed by atoms with Crippen LogP contribution >= 0.6 is 38.5 Å². The molecule has 6 heteroatoms. The quantitative estimate of drug-likeness (QED) is 0.761. The van der Waals surface area contributed by atoms with Crippen LogP contribution < -0.4 is 10.6 Å². The first-order valence-corrected chi connectivity index (χ1v) is 6.35. The molecule has 0 aromatic heterocycles. The maximum Gasteiger partial charge on any atom is 0.252 e. The molecule has 0 radical (unpaired) electrons. The van der Waals surface area contributed by atoms with Gasteiger partial charge in [0.25, 0.3) is 5.91 Å². The largest absolute Gasteiger partial charge is 0.358 e. The van der Waals surface area contributed by atoms with Crippen molar-refractivity contribution in [2.45, 2.75) is 0 Å². The Labute approximate surface area is 115 Å². The number of carbonyl (C=O) groups is 2. The Morgan fingerprint density at radius 2 is 2.12 bits per heavy atom. The van der Waals surface area contributed by atoms with Crippen LogP contribution in [0.3, 0.4) is 0 Å². The Kier molecular flexibility index (Phi) is 5.20. The first-order chi connectivity index (χ1) is 7.54. The summed E-state index contributed by atoms with van der Waals surface area (Å²) in [6.07, 6.45) is 0. The number of hydrogen-bond donors (Lipinski definition) is 2. The lowest BCUT2D eigenvalue weighted by Crippen LogP contribution is -2.35. The molecule has 0 aliphatic rings. The number of nitrogens with one attached hydrogen (secondary N) is 2. The summed E-state index contributed by atoms with van der Waals surface area (Å²) in [5, 5.41) is 4.97. The van der Waals surface area contributed by atoms with Gasteiger partial charge < -0.3 is 10.6 Å². The minimum Gasteiger partial charge on any atom is -0.358 e. The van der Waals surface area contributed by atoms with Crippen molar-refractivity contribution in [3.8, 4) is 0 Å². The van der Waals surface area contributed by atoms with Crippen LogP contribution in [0.25, 0.3) is 0 Å². The Bertz CT molecular complexity index is 423. The molecular weight excluding hydrogens is 387 g/mol. The minimum atomic E-state index is -0.255. The van der Waals surface area contributed by atoms with Crippen molar-refractivity contribution < 1.29 is 9.59 Å². The van der Waals surface area contributed by atoms with Crippen LogP contribution in [0.15, 0.2) is 22.7 Å². The van der Waals surface area contributed by atoms with Crippen molar-refractivity contribution in [1.82, 2.24) is 10.6 Å². The standard InChI is InChI=1S/C10H10BrIN2O2/c1-13-9(15)5-14-10(16)7-4-6(11)2-3-8(7)12/h2-4H,5H2,1H3,(H,13,15)(H,14,16). The molecule has 86 valence electrons. The van der Waals surface area contributed by atoms with Gasteiger partial charge in [-0.25, -0.2) is 0 Å². The van der Waals surface area contributed by atoms with E-state index in [9.17, 15) is 9.59 Å². The zero-order valence-corrected chi connectivity index (χ0v) is 12.3. The molecule has 0 heterocycles. The zero-order chi connectivity index (χ0) is 12.1. The molecule has 0 bridgehead atoms. The number of halogens is 2. The topological polar surface area (TPSA) is 58.2 Å². The third-order valence-corrected chi connectivity index (χ3v) is 3.30. The van der Waals surface area contributed by atoms with Crippen LogP contribution in [-0.4, -0.2) is 25.4 Å². The fourth-order valence-electron chi connectivity index (χ4n) is 1.02. The summed E-state index contributed by atoms with van der Waals surface area (Å²) in [4.78, 5) is 22.7. The summed E-state index contributed by atoms with van der Waals surface area (Å²) in [5.41, 5.74) is 0.555. The van der Waals surface area contributed by atoms with Crippen molar-refractivity contribution >= 4 is 50.3 Å². The smallest absolute Gasteiger partial charge is 0.252 e. The number of hydrogen-bond acceptors (Lipinski definition) is 2. The molecule has 0 saturated carbocycles. The van der Waals surface area contributed by atoms with E-state index < -0.39 is 0 Å². The van der Waals surface area contributed by atoms with Crippen molar-refractivity contribution in [3.05, 3.63) is 31.8 Å². The van der Waals surface area contributed by atoms with Gasteiger partial charge in [0.05, 0.1) is 12.1 Å². The summed E-state index contributed by atoms with van der Waals surface area (Å²) in [6, 6.07) is 5.41. The van der Waals surface area contributed by atoms with Crippen molar-refractivity contribution in [1.29, 1.82) is 0 Å². The first kappa shape index (κ1) is 13.4. The number of rotatable bonds is 3. The molecule has 0 fully saturated rings. The lowest BCUT2D eigenvalue weighted by atomic mass is 10.2. The summed E-state index contributed by atoms with van der Waals surface area (Å²) < 4.78 is 1.67. The van der Waals surface area contributed by atoms with Crippen LogP contribution in [0.4, 0.5) is 0 Å². The van der Waals surface area contributed by atoms with E-state index >= 15 is 0 Å². The average molecular weight is 397 g/mol. The summed E-state index contributed by atoms with van der Waals surface area (Å²) >= 11 is 5.37. The average Bonchev–Trinajstić information content (AvgIpc) is 2.28.